The fourth-order valence-corrected chi connectivity index (χ4v) is 2.17. The molecule has 1 atom stereocenters. The van der Waals surface area contributed by atoms with Crippen molar-refractivity contribution in [2.45, 2.75) is 38.3 Å². The number of nitrogens with zero attached hydrogens (tertiary/aromatic N) is 2. The van der Waals surface area contributed by atoms with Crippen molar-refractivity contribution >= 4 is 6.03 Å². The number of urea groups is 1. The highest BCUT2D eigenvalue weighted by molar-refractivity contribution is 5.74. The highest BCUT2D eigenvalue weighted by Crippen LogP contribution is 2.39. The summed E-state index contributed by atoms with van der Waals surface area (Å²) in [4.78, 5) is 11.8. The van der Waals surface area contributed by atoms with E-state index in [0.29, 0.717) is 12.5 Å². The van der Waals surface area contributed by atoms with Gasteiger partial charge in [-0.1, -0.05) is 0 Å². The Bertz CT molecular complexity index is 403. The molecule has 0 bridgehead atoms. The van der Waals surface area contributed by atoms with Crippen LogP contribution >= 0.6 is 0 Å². The van der Waals surface area contributed by atoms with Crippen molar-refractivity contribution in [3.8, 4) is 0 Å². The van der Waals surface area contributed by atoms with Crippen LogP contribution in [0.1, 0.15) is 26.2 Å². The van der Waals surface area contributed by atoms with E-state index in [4.69, 9.17) is 0 Å². The van der Waals surface area contributed by atoms with E-state index in [2.05, 4.69) is 15.7 Å². The molecule has 1 fully saturated rings. The molecule has 1 unspecified atom stereocenters. The number of aromatic nitrogens is 2. The van der Waals surface area contributed by atoms with Gasteiger partial charge in [0.25, 0.3) is 0 Å². The monoisotopic (exact) mass is 266 g/mol. The van der Waals surface area contributed by atoms with Crippen LogP contribution in [0.3, 0.4) is 0 Å². The van der Waals surface area contributed by atoms with E-state index in [9.17, 15) is 9.90 Å². The molecule has 3 N–H and O–H groups in total. The number of amides is 2. The van der Waals surface area contributed by atoms with Crippen LogP contribution < -0.4 is 10.6 Å². The van der Waals surface area contributed by atoms with Crippen LogP contribution in [0.4, 0.5) is 4.79 Å². The number of rotatable bonds is 7. The highest BCUT2D eigenvalue weighted by Gasteiger charge is 2.42. The van der Waals surface area contributed by atoms with Crippen LogP contribution in [-0.4, -0.2) is 39.6 Å². The Morgan fingerprint density at radius 2 is 2.37 bits per heavy atom. The second-order valence-electron chi connectivity index (χ2n) is 5.35. The normalized spacial score (nSPS) is 17.8. The number of aryl methyl sites for hydroxylation is 1. The predicted octanol–water partition coefficient (Wildman–Crippen LogP) is 0.733. The molecule has 106 valence electrons. The first-order chi connectivity index (χ1) is 9.14. The second kappa shape index (κ2) is 6.06. The van der Waals surface area contributed by atoms with Gasteiger partial charge in [0.15, 0.2) is 0 Å². The average Bonchev–Trinajstić information content (AvgIpc) is 3.13. The molecule has 0 aliphatic heterocycles. The van der Waals surface area contributed by atoms with E-state index >= 15 is 0 Å². The van der Waals surface area contributed by atoms with E-state index in [-0.39, 0.29) is 12.6 Å². The third-order valence-corrected chi connectivity index (χ3v) is 3.61. The summed E-state index contributed by atoms with van der Waals surface area (Å²) in [6.45, 7) is 3.26. The molecule has 0 saturated heterocycles. The van der Waals surface area contributed by atoms with Crippen molar-refractivity contribution in [2.75, 3.05) is 13.2 Å². The van der Waals surface area contributed by atoms with Crippen molar-refractivity contribution in [2.24, 2.45) is 5.92 Å². The van der Waals surface area contributed by atoms with Gasteiger partial charge in [-0.3, -0.25) is 4.68 Å². The van der Waals surface area contributed by atoms with Gasteiger partial charge < -0.3 is 15.7 Å². The Morgan fingerprint density at radius 3 is 2.95 bits per heavy atom. The van der Waals surface area contributed by atoms with Gasteiger partial charge in [0, 0.05) is 25.5 Å². The Kier molecular flexibility index (Phi) is 4.42. The number of nitrogens with one attached hydrogen (secondary N) is 2. The van der Waals surface area contributed by atoms with E-state index in [0.717, 1.165) is 25.8 Å². The molecule has 0 aromatic carbocycles. The lowest BCUT2D eigenvalue weighted by Crippen LogP contribution is -2.54. The lowest BCUT2D eigenvalue weighted by Gasteiger charge is -2.28. The molecule has 2 rings (SSSR count). The maximum atomic E-state index is 11.8. The molecule has 6 nitrogen and oxygen atoms in total. The van der Waals surface area contributed by atoms with Crippen molar-refractivity contribution in [3.05, 3.63) is 18.5 Å². The second-order valence-corrected chi connectivity index (χ2v) is 5.35. The zero-order valence-electron chi connectivity index (χ0n) is 11.3. The summed E-state index contributed by atoms with van der Waals surface area (Å²) in [5.41, 5.74) is -0.480. The molecule has 1 aliphatic carbocycles. The molecule has 1 aliphatic rings. The first kappa shape index (κ1) is 13.9. The summed E-state index contributed by atoms with van der Waals surface area (Å²) in [5, 5.41) is 19.2. The summed E-state index contributed by atoms with van der Waals surface area (Å²) in [7, 11) is 0. The molecule has 6 heteroatoms. The van der Waals surface area contributed by atoms with Crippen molar-refractivity contribution in [3.63, 3.8) is 0 Å². The summed E-state index contributed by atoms with van der Waals surface area (Å²) in [6.07, 6.45) is 6.63. The maximum Gasteiger partial charge on any atom is 0.315 e. The van der Waals surface area contributed by atoms with Gasteiger partial charge in [0.1, 0.15) is 0 Å². The summed E-state index contributed by atoms with van der Waals surface area (Å²) >= 11 is 0. The highest BCUT2D eigenvalue weighted by atomic mass is 16.3. The third-order valence-electron chi connectivity index (χ3n) is 3.61. The molecular weight excluding hydrogens is 244 g/mol. The lowest BCUT2D eigenvalue weighted by molar-refractivity contribution is 0.155. The van der Waals surface area contributed by atoms with Gasteiger partial charge in [0.2, 0.25) is 0 Å². The van der Waals surface area contributed by atoms with Crippen LogP contribution in [0.2, 0.25) is 0 Å². The smallest absolute Gasteiger partial charge is 0.315 e. The first-order valence-corrected chi connectivity index (χ1v) is 6.78. The fraction of sp³-hybridized carbons (Fsp3) is 0.692. The van der Waals surface area contributed by atoms with Crippen molar-refractivity contribution in [1.82, 2.24) is 20.4 Å². The molecule has 0 spiro atoms. The Balaban J connectivity index is 1.64. The molecule has 19 heavy (non-hydrogen) atoms. The van der Waals surface area contributed by atoms with Crippen LogP contribution in [-0.2, 0) is 6.54 Å². The summed E-state index contributed by atoms with van der Waals surface area (Å²) < 4.78 is 1.83. The van der Waals surface area contributed by atoms with Gasteiger partial charge in [0.05, 0.1) is 12.1 Å². The average molecular weight is 266 g/mol. The largest absolute Gasteiger partial charge is 0.394 e. The van der Waals surface area contributed by atoms with Crippen LogP contribution in [0.5, 0.6) is 0 Å². The van der Waals surface area contributed by atoms with Crippen molar-refractivity contribution in [1.29, 1.82) is 0 Å². The summed E-state index contributed by atoms with van der Waals surface area (Å²) in [6, 6.07) is 1.67. The number of hydrogen-bond acceptors (Lipinski definition) is 3. The maximum absolute atomic E-state index is 11.8. The topological polar surface area (TPSA) is 79.2 Å². The fourth-order valence-electron chi connectivity index (χ4n) is 2.17. The molecule has 1 saturated carbocycles. The summed E-state index contributed by atoms with van der Waals surface area (Å²) in [5.74, 6) is 0.410. The zero-order chi connectivity index (χ0) is 13.7. The number of carbonyl (C=O) groups excluding carboxylic acids is 1. The standard InChI is InChI=1S/C13H22N4O2/c1-13(10-18,11-4-5-11)16-12(19)14-6-2-8-17-9-3-7-15-17/h3,7,9,11,18H,2,4-6,8,10H2,1H3,(H2,14,16,19). The SMILES string of the molecule is CC(CO)(NC(=O)NCCCn1cccn1)C1CC1. The quantitative estimate of drug-likeness (QED) is 0.637. The molecule has 2 amide bonds. The van der Waals surface area contributed by atoms with E-state index in [1.807, 2.05) is 23.9 Å². The first-order valence-electron chi connectivity index (χ1n) is 6.78. The van der Waals surface area contributed by atoms with Gasteiger partial charge in [-0.05, 0) is 38.2 Å². The van der Waals surface area contributed by atoms with E-state index < -0.39 is 5.54 Å². The Labute approximate surface area is 113 Å². The Hall–Kier alpha value is -1.56. The number of hydrogen-bond donors (Lipinski definition) is 3. The van der Waals surface area contributed by atoms with Gasteiger partial charge in [-0.2, -0.15) is 5.10 Å². The minimum atomic E-state index is -0.480. The van der Waals surface area contributed by atoms with Gasteiger partial charge in [-0.25, -0.2) is 4.79 Å². The molecular formula is C13H22N4O2. The Morgan fingerprint density at radius 1 is 1.58 bits per heavy atom. The van der Waals surface area contributed by atoms with Gasteiger partial charge >= 0.3 is 6.03 Å². The van der Waals surface area contributed by atoms with Crippen LogP contribution in [0.25, 0.3) is 0 Å². The van der Waals surface area contributed by atoms with Crippen LogP contribution in [0.15, 0.2) is 18.5 Å². The predicted molar refractivity (Wildman–Crippen MR) is 71.6 cm³/mol. The van der Waals surface area contributed by atoms with E-state index in [1.54, 1.807) is 6.20 Å². The molecule has 1 aromatic heterocycles. The number of aliphatic hydroxyl groups excluding tert-OH is 1. The van der Waals surface area contributed by atoms with Crippen molar-refractivity contribution < 1.29 is 9.90 Å². The lowest BCUT2D eigenvalue weighted by atomic mass is 9.97. The number of carbonyl (C=O) groups is 1. The minimum absolute atomic E-state index is 0.0155. The molecule has 1 aromatic rings. The van der Waals surface area contributed by atoms with E-state index in [1.165, 1.54) is 0 Å². The minimum Gasteiger partial charge on any atom is -0.394 e. The van der Waals surface area contributed by atoms with Crippen LogP contribution in [0, 0.1) is 5.92 Å². The molecule has 1 heterocycles. The zero-order valence-corrected chi connectivity index (χ0v) is 11.3. The number of aliphatic hydroxyl groups is 1. The van der Waals surface area contributed by atoms with Gasteiger partial charge in [-0.15, -0.1) is 0 Å². The third kappa shape index (κ3) is 3.96. The molecule has 0 radical (unpaired) electrons.